The lowest BCUT2D eigenvalue weighted by atomic mass is 10.0. The maximum Gasteiger partial charge on any atom is 0.0762 e. The van der Waals surface area contributed by atoms with Crippen LogP contribution < -0.4 is 5.32 Å². The van der Waals surface area contributed by atoms with Gasteiger partial charge in [0.1, 0.15) is 0 Å². The van der Waals surface area contributed by atoms with Crippen molar-refractivity contribution in [3.63, 3.8) is 0 Å². The van der Waals surface area contributed by atoms with E-state index in [9.17, 15) is 0 Å². The number of nitrogens with zero attached hydrogens (tertiary/aromatic N) is 1. The Morgan fingerprint density at radius 2 is 2.00 bits per heavy atom. The SMILES string of the molecule is CCNC(c1ccc(Cl)cc1)c1ncccc1Br. The summed E-state index contributed by atoms with van der Waals surface area (Å²) in [5, 5.41) is 4.18. The van der Waals surface area contributed by atoms with Crippen LogP contribution in [0.25, 0.3) is 0 Å². The first kappa shape index (κ1) is 13.5. The number of nitrogens with one attached hydrogen (secondary N) is 1. The molecular weight excluding hydrogens is 312 g/mol. The highest BCUT2D eigenvalue weighted by Crippen LogP contribution is 2.27. The standard InChI is InChI=1S/C14H14BrClN2/c1-2-17-13(10-5-7-11(16)8-6-10)14-12(15)4-3-9-18-14/h3-9,13,17H,2H2,1H3. The summed E-state index contributed by atoms with van der Waals surface area (Å²) in [4.78, 5) is 4.45. The van der Waals surface area contributed by atoms with E-state index in [0.29, 0.717) is 0 Å². The summed E-state index contributed by atoms with van der Waals surface area (Å²) < 4.78 is 1.01. The first-order valence-electron chi connectivity index (χ1n) is 5.81. The molecule has 1 atom stereocenters. The van der Waals surface area contributed by atoms with Gasteiger partial charge in [0.05, 0.1) is 11.7 Å². The van der Waals surface area contributed by atoms with Crippen molar-refractivity contribution >= 4 is 27.5 Å². The van der Waals surface area contributed by atoms with E-state index in [2.05, 4.69) is 33.2 Å². The minimum absolute atomic E-state index is 0.0721. The summed E-state index contributed by atoms with van der Waals surface area (Å²) in [6, 6.07) is 11.8. The second kappa shape index (κ2) is 6.32. The minimum atomic E-state index is 0.0721. The Hall–Kier alpha value is -0.900. The molecule has 2 rings (SSSR count). The van der Waals surface area contributed by atoms with Crippen molar-refractivity contribution in [2.45, 2.75) is 13.0 Å². The van der Waals surface area contributed by atoms with E-state index in [4.69, 9.17) is 11.6 Å². The predicted molar refractivity (Wildman–Crippen MR) is 78.9 cm³/mol. The molecule has 1 aromatic heterocycles. The lowest BCUT2D eigenvalue weighted by Crippen LogP contribution is -2.23. The fourth-order valence-electron chi connectivity index (χ4n) is 1.84. The molecule has 0 aliphatic carbocycles. The van der Waals surface area contributed by atoms with Crippen LogP contribution in [-0.4, -0.2) is 11.5 Å². The van der Waals surface area contributed by atoms with Crippen LogP contribution in [0.5, 0.6) is 0 Å². The molecule has 2 nitrogen and oxygen atoms in total. The third-order valence-corrected chi connectivity index (χ3v) is 3.59. The third kappa shape index (κ3) is 3.10. The van der Waals surface area contributed by atoms with Crippen LogP contribution in [0.3, 0.4) is 0 Å². The normalized spacial score (nSPS) is 12.4. The van der Waals surface area contributed by atoms with Crippen molar-refractivity contribution in [1.82, 2.24) is 10.3 Å². The van der Waals surface area contributed by atoms with Gasteiger partial charge < -0.3 is 5.32 Å². The Morgan fingerprint density at radius 1 is 1.28 bits per heavy atom. The van der Waals surface area contributed by atoms with Crippen LogP contribution in [0.2, 0.25) is 5.02 Å². The van der Waals surface area contributed by atoms with Crippen molar-refractivity contribution in [2.75, 3.05) is 6.54 Å². The highest BCUT2D eigenvalue weighted by molar-refractivity contribution is 9.10. The van der Waals surface area contributed by atoms with Gasteiger partial charge >= 0.3 is 0 Å². The van der Waals surface area contributed by atoms with Crippen LogP contribution >= 0.6 is 27.5 Å². The lowest BCUT2D eigenvalue weighted by molar-refractivity contribution is 0.613. The van der Waals surface area contributed by atoms with Crippen LogP contribution in [0.15, 0.2) is 47.1 Å². The number of hydrogen-bond acceptors (Lipinski definition) is 2. The third-order valence-electron chi connectivity index (χ3n) is 2.67. The highest BCUT2D eigenvalue weighted by atomic mass is 79.9. The molecule has 2 aromatic rings. The van der Waals surface area contributed by atoms with Crippen LogP contribution in [-0.2, 0) is 0 Å². The maximum atomic E-state index is 5.93. The van der Waals surface area contributed by atoms with E-state index in [0.717, 1.165) is 27.3 Å². The summed E-state index contributed by atoms with van der Waals surface area (Å²) in [6.07, 6.45) is 1.81. The fourth-order valence-corrected chi connectivity index (χ4v) is 2.45. The maximum absolute atomic E-state index is 5.93. The lowest BCUT2D eigenvalue weighted by Gasteiger charge is -2.19. The van der Waals surface area contributed by atoms with Gasteiger partial charge in [0.2, 0.25) is 0 Å². The molecule has 0 amide bonds. The molecular formula is C14H14BrClN2. The zero-order valence-electron chi connectivity index (χ0n) is 10.0. The molecule has 1 unspecified atom stereocenters. The molecule has 0 saturated heterocycles. The van der Waals surface area contributed by atoms with Gasteiger partial charge in [0.15, 0.2) is 0 Å². The van der Waals surface area contributed by atoms with Gasteiger partial charge in [-0.3, -0.25) is 4.98 Å². The largest absolute Gasteiger partial charge is 0.305 e. The van der Waals surface area contributed by atoms with Crippen LogP contribution in [0.4, 0.5) is 0 Å². The molecule has 1 heterocycles. The van der Waals surface area contributed by atoms with Crippen molar-refractivity contribution in [3.8, 4) is 0 Å². The summed E-state index contributed by atoms with van der Waals surface area (Å²) in [5.74, 6) is 0. The van der Waals surface area contributed by atoms with E-state index in [1.54, 1.807) is 6.20 Å². The smallest absolute Gasteiger partial charge is 0.0762 e. The van der Waals surface area contributed by atoms with Gasteiger partial charge in [-0.2, -0.15) is 0 Å². The van der Waals surface area contributed by atoms with E-state index < -0.39 is 0 Å². The quantitative estimate of drug-likeness (QED) is 0.911. The number of aromatic nitrogens is 1. The molecule has 1 aromatic carbocycles. The van der Waals surface area contributed by atoms with Gasteiger partial charge in [-0.15, -0.1) is 0 Å². The van der Waals surface area contributed by atoms with Crippen LogP contribution in [0, 0.1) is 0 Å². The van der Waals surface area contributed by atoms with Gasteiger partial charge in [0, 0.05) is 15.7 Å². The Balaban J connectivity index is 2.40. The van der Waals surface area contributed by atoms with Crippen molar-refractivity contribution in [3.05, 3.63) is 63.3 Å². The van der Waals surface area contributed by atoms with Crippen molar-refractivity contribution in [1.29, 1.82) is 0 Å². The van der Waals surface area contributed by atoms with Crippen molar-refractivity contribution in [2.24, 2.45) is 0 Å². The molecule has 0 aliphatic rings. The zero-order chi connectivity index (χ0) is 13.0. The molecule has 1 N–H and O–H groups in total. The highest BCUT2D eigenvalue weighted by Gasteiger charge is 2.16. The first-order valence-corrected chi connectivity index (χ1v) is 6.98. The second-order valence-corrected chi connectivity index (χ2v) is 5.20. The van der Waals surface area contributed by atoms with Gasteiger partial charge in [-0.05, 0) is 52.3 Å². The molecule has 0 aliphatic heterocycles. The Morgan fingerprint density at radius 3 is 2.61 bits per heavy atom. The molecule has 0 bridgehead atoms. The molecule has 0 fully saturated rings. The number of hydrogen-bond donors (Lipinski definition) is 1. The summed E-state index contributed by atoms with van der Waals surface area (Å²) in [5.41, 5.74) is 2.14. The number of pyridine rings is 1. The van der Waals surface area contributed by atoms with E-state index in [-0.39, 0.29) is 6.04 Å². The molecule has 18 heavy (non-hydrogen) atoms. The average Bonchev–Trinajstić information content (AvgIpc) is 2.38. The Kier molecular flexibility index (Phi) is 4.75. The molecule has 4 heteroatoms. The summed E-state index contributed by atoms with van der Waals surface area (Å²) >= 11 is 9.48. The molecule has 0 radical (unpaired) electrons. The van der Waals surface area contributed by atoms with Crippen molar-refractivity contribution < 1.29 is 0 Å². The molecule has 0 saturated carbocycles. The Bertz CT molecular complexity index is 513. The van der Waals surface area contributed by atoms with Gasteiger partial charge in [0.25, 0.3) is 0 Å². The second-order valence-electron chi connectivity index (χ2n) is 3.91. The summed E-state index contributed by atoms with van der Waals surface area (Å²) in [7, 11) is 0. The zero-order valence-corrected chi connectivity index (χ0v) is 12.4. The number of benzene rings is 1. The molecule has 0 spiro atoms. The predicted octanol–water partition coefficient (Wildman–Crippen LogP) is 4.20. The van der Waals surface area contributed by atoms with Crippen LogP contribution in [0.1, 0.15) is 24.2 Å². The number of rotatable bonds is 4. The Labute approximate surface area is 121 Å². The van der Waals surface area contributed by atoms with Gasteiger partial charge in [-0.25, -0.2) is 0 Å². The monoisotopic (exact) mass is 324 g/mol. The topological polar surface area (TPSA) is 24.9 Å². The first-order chi connectivity index (χ1) is 8.72. The van der Waals surface area contributed by atoms with E-state index in [1.165, 1.54) is 0 Å². The van der Waals surface area contributed by atoms with E-state index >= 15 is 0 Å². The van der Waals surface area contributed by atoms with E-state index in [1.807, 2.05) is 36.4 Å². The number of halogens is 2. The fraction of sp³-hybridized carbons (Fsp3) is 0.214. The minimum Gasteiger partial charge on any atom is -0.305 e. The average molecular weight is 326 g/mol. The summed E-state index contributed by atoms with van der Waals surface area (Å²) in [6.45, 7) is 2.95. The van der Waals surface area contributed by atoms with Gasteiger partial charge in [-0.1, -0.05) is 30.7 Å². The molecule has 94 valence electrons.